The summed E-state index contributed by atoms with van der Waals surface area (Å²) in [5.41, 5.74) is -0.397. The number of carboxylic acids is 1. The molecule has 1 aromatic heterocycles. The Balaban J connectivity index is 2.32. The van der Waals surface area contributed by atoms with Gasteiger partial charge in [-0.15, -0.1) is 0 Å². The lowest BCUT2D eigenvalue weighted by Crippen LogP contribution is -2.40. The van der Waals surface area contributed by atoms with Gasteiger partial charge in [-0.05, 0) is 18.9 Å². The summed E-state index contributed by atoms with van der Waals surface area (Å²) in [6, 6.07) is 0.133. The van der Waals surface area contributed by atoms with Gasteiger partial charge in [0.1, 0.15) is 17.1 Å². The van der Waals surface area contributed by atoms with Crippen LogP contribution in [0.4, 0.5) is 13.2 Å². The van der Waals surface area contributed by atoms with E-state index in [4.69, 9.17) is 5.11 Å². The zero-order valence-corrected chi connectivity index (χ0v) is 10.8. The number of sulfonamides is 1. The summed E-state index contributed by atoms with van der Waals surface area (Å²) >= 11 is 0. The Labute approximate surface area is 112 Å². The number of aromatic nitrogens is 1. The lowest BCUT2D eigenvalue weighted by molar-refractivity contribution is -0.137. The van der Waals surface area contributed by atoms with Crippen LogP contribution in [0.15, 0.2) is 17.2 Å². The normalized spacial score (nSPS) is 16.6. The Morgan fingerprint density at radius 1 is 1.45 bits per heavy atom. The van der Waals surface area contributed by atoms with Crippen molar-refractivity contribution in [2.45, 2.75) is 30.0 Å². The second-order valence-corrected chi connectivity index (χ2v) is 6.34. The smallest absolute Gasteiger partial charge is 0.402 e. The summed E-state index contributed by atoms with van der Waals surface area (Å²) in [5, 5.41) is 8.69. The molecular formula is C10H11F3N2O4S. The largest absolute Gasteiger partial charge is 0.477 e. The molecule has 20 heavy (non-hydrogen) atoms. The first-order valence-corrected chi connectivity index (χ1v) is 7.05. The molecule has 0 saturated heterocycles. The SMILES string of the molecule is O=C(O)c1cc(S(=O)(=O)N(CC(F)(F)F)C2CC2)c[nH]1. The van der Waals surface area contributed by atoms with E-state index < -0.39 is 45.3 Å². The highest BCUT2D eigenvalue weighted by atomic mass is 32.2. The van der Waals surface area contributed by atoms with Gasteiger partial charge in [-0.25, -0.2) is 13.2 Å². The molecule has 10 heteroatoms. The van der Waals surface area contributed by atoms with Crippen LogP contribution in [0.5, 0.6) is 0 Å². The number of rotatable bonds is 5. The Bertz CT molecular complexity index is 619. The maximum Gasteiger partial charge on any atom is 0.402 e. The van der Waals surface area contributed by atoms with Gasteiger partial charge >= 0.3 is 12.1 Å². The molecule has 112 valence electrons. The Morgan fingerprint density at radius 2 is 2.05 bits per heavy atom. The first-order valence-electron chi connectivity index (χ1n) is 5.61. The number of H-pyrrole nitrogens is 1. The summed E-state index contributed by atoms with van der Waals surface area (Å²) in [6.07, 6.45) is -3.04. The lowest BCUT2D eigenvalue weighted by Gasteiger charge is -2.22. The molecule has 0 bridgehead atoms. The monoisotopic (exact) mass is 312 g/mol. The lowest BCUT2D eigenvalue weighted by atomic mass is 10.4. The average Bonchev–Trinajstić information content (AvgIpc) is 2.99. The van der Waals surface area contributed by atoms with E-state index in [2.05, 4.69) is 4.98 Å². The van der Waals surface area contributed by atoms with Crippen LogP contribution >= 0.6 is 0 Å². The van der Waals surface area contributed by atoms with Crippen LogP contribution in [-0.2, 0) is 10.0 Å². The van der Waals surface area contributed by atoms with Gasteiger partial charge in [0.05, 0.1) is 0 Å². The van der Waals surface area contributed by atoms with Gasteiger partial charge in [-0.2, -0.15) is 17.5 Å². The van der Waals surface area contributed by atoms with E-state index in [1.165, 1.54) is 0 Å². The second kappa shape index (κ2) is 4.77. The van der Waals surface area contributed by atoms with Gasteiger partial charge in [0.15, 0.2) is 0 Å². The van der Waals surface area contributed by atoms with Crippen LogP contribution in [0.25, 0.3) is 0 Å². The zero-order chi connectivity index (χ0) is 15.1. The van der Waals surface area contributed by atoms with Crippen molar-refractivity contribution in [2.75, 3.05) is 6.54 Å². The highest BCUT2D eigenvalue weighted by Gasteiger charge is 2.45. The molecule has 6 nitrogen and oxygen atoms in total. The number of hydrogen-bond donors (Lipinski definition) is 2. The van der Waals surface area contributed by atoms with Gasteiger partial charge in [-0.3, -0.25) is 0 Å². The van der Waals surface area contributed by atoms with E-state index in [0.29, 0.717) is 17.1 Å². The highest BCUT2D eigenvalue weighted by Crippen LogP contribution is 2.34. The van der Waals surface area contributed by atoms with Crippen molar-refractivity contribution in [3.8, 4) is 0 Å². The molecule has 1 aliphatic carbocycles. The third-order valence-electron chi connectivity index (χ3n) is 2.78. The molecule has 0 radical (unpaired) electrons. The second-order valence-electron chi connectivity index (χ2n) is 4.45. The van der Waals surface area contributed by atoms with Gasteiger partial charge < -0.3 is 10.1 Å². The third kappa shape index (κ3) is 3.12. The van der Waals surface area contributed by atoms with E-state index in [1.807, 2.05) is 0 Å². The minimum atomic E-state index is -4.65. The molecule has 0 aromatic carbocycles. The van der Waals surface area contributed by atoms with Crippen molar-refractivity contribution in [2.24, 2.45) is 0 Å². The Morgan fingerprint density at radius 3 is 2.45 bits per heavy atom. The van der Waals surface area contributed by atoms with Crippen molar-refractivity contribution >= 4 is 16.0 Å². The quantitative estimate of drug-likeness (QED) is 0.860. The van der Waals surface area contributed by atoms with Crippen molar-refractivity contribution in [1.82, 2.24) is 9.29 Å². The van der Waals surface area contributed by atoms with Crippen LogP contribution in [-0.4, -0.2) is 47.5 Å². The van der Waals surface area contributed by atoms with Crippen molar-refractivity contribution < 1.29 is 31.5 Å². The van der Waals surface area contributed by atoms with E-state index in [9.17, 15) is 26.4 Å². The number of hydrogen-bond acceptors (Lipinski definition) is 3. The molecule has 0 amide bonds. The molecule has 1 aliphatic rings. The number of aromatic carboxylic acids is 1. The maximum absolute atomic E-state index is 12.5. The summed E-state index contributed by atoms with van der Waals surface area (Å²) in [6.45, 7) is -1.58. The fourth-order valence-corrected chi connectivity index (χ4v) is 3.40. The third-order valence-corrected chi connectivity index (χ3v) is 4.66. The summed E-state index contributed by atoms with van der Waals surface area (Å²) < 4.78 is 62.1. The minimum absolute atomic E-state index is 0.367. The van der Waals surface area contributed by atoms with Crippen LogP contribution in [0.2, 0.25) is 0 Å². The van der Waals surface area contributed by atoms with Crippen molar-refractivity contribution in [1.29, 1.82) is 0 Å². The molecule has 1 heterocycles. The first-order chi connectivity index (χ1) is 9.11. The van der Waals surface area contributed by atoms with E-state index in [1.54, 1.807) is 0 Å². The molecule has 0 unspecified atom stereocenters. The van der Waals surface area contributed by atoms with Gasteiger partial charge in [0, 0.05) is 12.2 Å². The van der Waals surface area contributed by atoms with Gasteiger partial charge in [0.2, 0.25) is 10.0 Å². The number of alkyl halides is 3. The Kier molecular flexibility index (Phi) is 3.54. The molecule has 0 spiro atoms. The van der Waals surface area contributed by atoms with Crippen molar-refractivity contribution in [3.05, 3.63) is 18.0 Å². The Hall–Kier alpha value is -1.55. The summed E-state index contributed by atoms with van der Waals surface area (Å²) in [5.74, 6) is -1.39. The number of carboxylic acid groups (broad SMARTS) is 1. The standard InChI is InChI=1S/C10H11F3N2O4S/c11-10(12,13)5-15(6-1-2-6)20(18,19)7-3-8(9(16)17)14-4-7/h3-4,6,14H,1-2,5H2,(H,16,17). The topological polar surface area (TPSA) is 90.5 Å². The number of nitrogens with one attached hydrogen (secondary N) is 1. The van der Waals surface area contributed by atoms with Crippen molar-refractivity contribution in [3.63, 3.8) is 0 Å². The predicted octanol–water partition coefficient (Wildman–Crippen LogP) is 1.43. The number of carbonyl (C=O) groups is 1. The number of aromatic amines is 1. The summed E-state index contributed by atoms with van der Waals surface area (Å²) in [7, 11) is -4.36. The van der Waals surface area contributed by atoms with E-state index in [0.717, 1.165) is 12.3 Å². The molecule has 0 atom stereocenters. The van der Waals surface area contributed by atoms with Crippen LogP contribution in [0, 0.1) is 0 Å². The predicted molar refractivity (Wildman–Crippen MR) is 60.7 cm³/mol. The maximum atomic E-state index is 12.5. The van der Waals surface area contributed by atoms with Crippen LogP contribution in [0.1, 0.15) is 23.3 Å². The van der Waals surface area contributed by atoms with E-state index in [-0.39, 0.29) is 0 Å². The molecule has 2 rings (SSSR count). The zero-order valence-electron chi connectivity index (χ0n) is 10.0. The molecule has 0 aliphatic heterocycles. The fourth-order valence-electron chi connectivity index (χ4n) is 1.73. The van der Waals surface area contributed by atoms with Gasteiger partial charge in [0.25, 0.3) is 0 Å². The van der Waals surface area contributed by atoms with Crippen LogP contribution in [0.3, 0.4) is 0 Å². The molecule has 2 N–H and O–H groups in total. The molecule has 1 fully saturated rings. The highest BCUT2D eigenvalue weighted by molar-refractivity contribution is 7.89. The molecular weight excluding hydrogens is 301 g/mol. The average molecular weight is 312 g/mol. The molecule has 1 saturated carbocycles. The summed E-state index contributed by atoms with van der Waals surface area (Å²) in [4.78, 5) is 12.4. The number of nitrogens with zero attached hydrogens (tertiary/aromatic N) is 1. The van der Waals surface area contributed by atoms with E-state index >= 15 is 0 Å². The first kappa shape index (κ1) is 14.9. The van der Waals surface area contributed by atoms with Crippen LogP contribution < -0.4 is 0 Å². The minimum Gasteiger partial charge on any atom is -0.477 e. The van der Waals surface area contributed by atoms with Gasteiger partial charge in [-0.1, -0.05) is 0 Å². The number of halogens is 3. The molecule has 1 aromatic rings. The fraction of sp³-hybridized carbons (Fsp3) is 0.500.